The normalized spacial score (nSPS) is 20.6. The first-order chi connectivity index (χ1) is 12.1. The van der Waals surface area contributed by atoms with Crippen molar-refractivity contribution in [1.82, 2.24) is 0 Å². The van der Waals surface area contributed by atoms with E-state index < -0.39 is 8.32 Å². The Hall–Kier alpha value is -0.303. The largest absolute Gasteiger partial charge is 0.402 e. The van der Waals surface area contributed by atoms with Gasteiger partial charge in [0.1, 0.15) is 6.10 Å². The summed E-state index contributed by atoms with van der Waals surface area (Å²) in [6, 6.07) is 0. The van der Waals surface area contributed by atoms with E-state index in [-0.39, 0.29) is 10.1 Å². The van der Waals surface area contributed by atoms with Crippen LogP contribution < -0.4 is 0 Å². The first-order valence-electron chi connectivity index (χ1n) is 10.9. The second-order valence-corrected chi connectivity index (χ2v) is 14.9. The van der Waals surface area contributed by atoms with Crippen LogP contribution in [0.4, 0.5) is 0 Å². The maximum absolute atomic E-state index is 6.76. The molecule has 26 heavy (non-hydrogen) atoms. The van der Waals surface area contributed by atoms with Crippen LogP contribution in [0, 0.1) is 11.5 Å². The van der Waals surface area contributed by atoms with Crippen molar-refractivity contribution >= 4 is 8.32 Å². The van der Waals surface area contributed by atoms with Crippen LogP contribution in [0.25, 0.3) is 0 Å². The Morgan fingerprint density at radius 2 is 1.46 bits per heavy atom. The van der Waals surface area contributed by atoms with Gasteiger partial charge in [-0.1, -0.05) is 93.0 Å². The third kappa shape index (κ3) is 6.70. The fraction of sp³-hybridized carbons (Fsp3) is 0.913. The molecule has 1 saturated heterocycles. The summed E-state index contributed by atoms with van der Waals surface area (Å²) in [5, 5.41) is 0.159. The Kier molecular flexibility index (Phi) is 9.40. The highest BCUT2D eigenvalue weighted by molar-refractivity contribution is 6.86. The molecular formula is C23H44O2Si. The van der Waals surface area contributed by atoms with E-state index in [0.29, 0.717) is 12.2 Å². The minimum Gasteiger partial charge on any atom is -0.402 e. The van der Waals surface area contributed by atoms with Crippen molar-refractivity contribution in [1.29, 1.82) is 0 Å². The fourth-order valence-corrected chi connectivity index (χ4v) is 8.71. The Morgan fingerprint density at radius 1 is 0.846 bits per heavy atom. The average molecular weight is 381 g/mol. The van der Waals surface area contributed by atoms with Crippen LogP contribution in [0.1, 0.15) is 107 Å². The monoisotopic (exact) mass is 380 g/mol. The van der Waals surface area contributed by atoms with Crippen molar-refractivity contribution < 1.29 is 9.16 Å². The van der Waals surface area contributed by atoms with E-state index >= 15 is 0 Å². The Morgan fingerprint density at radius 3 is 2.00 bits per heavy atom. The number of hydrogen-bond acceptors (Lipinski definition) is 2. The zero-order chi connectivity index (χ0) is 19.8. The number of hydrogen-bond donors (Lipinski definition) is 0. The summed E-state index contributed by atoms with van der Waals surface area (Å²) < 4.78 is 12.7. The van der Waals surface area contributed by atoms with Gasteiger partial charge >= 0.3 is 0 Å². The molecule has 0 saturated carbocycles. The van der Waals surface area contributed by atoms with Gasteiger partial charge in [0.05, 0.1) is 12.7 Å². The number of rotatable bonds is 10. The molecule has 1 heterocycles. The van der Waals surface area contributed by atoms with E-state index in [1.165, 1.54) is 44.9 Å². The zero-order valence-electron chi connectivity index (χ0n) is 18.8. The first kappa shape index (κ1) is 23.7. The third-order valence-corrected chi connectivity index (χ3v) is 10.9. The molecule has 2 nitrogen and oxygen atoms in total. The maximum atomic E-state index is 6.76. The Labute approximate surface area is 164 Å². The minimum atomic E-state index is -2.29. The molecular weight excluding hydrogens is 336 g/mol. The van der Waals surface area contributed by atoms with Gasteiger partial charge in [-0.3, -0.25) is 0 Å². The predicted molar refractivity (Wildman–Crippen MR) is 116 cm³/mol. The highest BCUT2D eigenvalue weighted by atomic mass is 28.4. The molecule has 0 aromatic carbocycles. The van der Waals surface area contributed by atoms with Gasteiger partial charge in [-0.2, -0.15) is 0 Å². The van der Waals surface area contributed by atoms with Crippen molar-refractivity contribution in [2.75, 3.05) is 6.61 Å². The Balaban J connectivity index is 2.73. The summed E-state index contributed by atoms with van der Waals surface area (Å²) in [6.45, 7) is 19.1. The molecule has 2 atom stereocenters. The molecule has 0 bridgehead atoms. The summed E-state index contributed by atoms with van der Waals surface area (Å²) in [5.74, 6) is 3.49. The van der Waals surface area contributed by atoms with Crippen LogP contribution in [0.2, 0.25) is 10.1 Å². The van der Waals surface area contributed by atoms with Gasteiger partial charge in [0.15, 0.2) is 0 Å². The van der Waals surface area contributed by atoms with Crippen LogP contribution in [0.5, 0.6) is 0 Å². The molecule has 0 amide bonds. The summed E-state index contributed by atoms with van der Waals surface area (Å²) >= 11 is 0. The lowest BCUT2D eigenvalue weighted by Crippen LogP contribution is -2.54. The number of ether oxygens (including phenoxy) is 1. The summed E-state index contributed by atoms with van der Waals surface area (Å²) in [5.41, 5.74) is 3.72. The predicted octanol–water partition coefficient (Wildman–Crippen LogP) is 7.02. The van der Waals surface area contributed by atoms with Gasteiger partial charge in [-0.15, -0.1) is 5.92 Å². The van der Waals surface area contributed by atoms with Crippen molar-refractivity contribution in [2.45, 2.75) is 129 Å². The molecule has 152 valence electrons. The number of epoxide rings is 1. The molecule has 0 radical (unpaired) electrons. The lowest BCUT2D eigenvalue weighted by atomic mass is 10.1. The second-order valence-electron chi connectivity index (χ2n) is 9.96. The standard InChI is InChI=1S/C23H44O2Si/c1-9-11-13-15-17-20-21(25-20)19-24-26(22(3,4)5,23(6,7)8)18-16-14-12-10-2/h20-21H,9-15,17,19H2,1-8H3/t20-,21+/m1/s1. The van der Waals surface area contributed by atoms with Crippen LogP contribution in [0.3, 0.4) is 0 Å². The van der Waals surface area contributed by atoms with Crippen LogP contribution in [-0.2, 0) is 9.16 Å². The van der Waals surface area contributed by atoms with E-state index in [0.717, 1.165) is 13.0 Å². The molecule has 1 rings (SSSR count). The lowest BCUT2D eigenvalue weighted by Gasteiger charge is -2.46. The van der Waals surface area contributed by atoms with E-state index in [9.17, 15) is 0 Å². The van der Waals surface area contributed by atoms with E-state index in [1.54, 1.807) is 0 Å². The fourth-order valence-electron chi connectivity index (χ4n) is 3.98. The SMILES string of the molecule is CCCCC#C[Si](OC[C@@H]1O[C@@H]1CCCCCC)(C(C)(C)C)C(C)(C)C. The third-order valence-electron chi connectivity index (χ3n) is 5.53. The van der Waals surface area contributed by atoms with Crippen molar-refractivity contribution in [3.63, 3.8) is 0 Å². The molecule has 1 fully saturated rings. The van der Waals surface area contributed by atoms with Crippen molar-refractivity contribution in [3.05, 3.63) is 0 Å². The van der Waals surface area contributed by atoms with Gasteiger partial charge in [0, 0.05) is 6.42 Å². The van der Waals surface area contributed by atoms with Gasteiger partial charge in [0.2, 0.25) is 0 Å². The molecule has 0 aromatic rings. The van der Waals surface area contributed by atoms with Gasteiger partial charge in [0.25, 0.3) is 8.32 Å². The minimum absolute atomic E-state index is 0.0793. The van der Waals surface area contributed by atoms with Gasteiger partial charge in [-0.05, 0) is 22.9 Å². The van der Waals surface area contributed by atoms with Crippen molar-refractivity contribution in [3.8, 4) is 11.5 Å². The molecule has 0 spiro atoms. The molecule has 1 aliphatic rings. The summed E-state index contributed by atoms with van der Waals surface area (Å²) in [4.78, 5) is 0. The highest BCUT2D eigenvalue weighted by Crippen LogP contribution is 2.51. The van der Waals surface area contributed by atoms with Crippen LogP contribution in [0.15, 0.2) is 0 Å². The maximum Gasteiger partial charge on any atom is 0.282 e. The summed E-state index contributed by atoms with van der Waals surface area (Å²) in [6.07, 6.45) is 10.5. The zero-order valence-corrected chi connectivity index (χ0v) is 19.8. The van der Waals surface area contributed by atoms with E-state index in [2.05, 4.69) is 66.9 Å². The molecule has 0 aliphatic carbocycles. The van der Waals surface area contributed by atoms with E-state index in [4.69, 9.17) is 9.16 Å². The molecule has 0 unspecified atom stereocenters. The highest BCUT2D eigenvalue weighted by Gasteiger charge is 2.56. The van der Waals surface area contributed by atoms with Crippen LogP contribution in [-0.4, -0.2) is 27.1 Å². The van der Waals surface area contributed by atoms with Gasteiger partial charge in [-0.25, -0.2) is 0 Å². The quantitative estimate of drug-likeness (QED) is 0.176. The van der Waals surface area contributed by atoms with Crippen LogP contribution >= 0.6 is 0 Å². The molecule has 0 N–H and O–H groups in total. The van der Waals surface area contributed by atoms with Gasteiger partial charge < -0.3 is 9.16 Å². The topological polar surface area (TPSA) is 21.8 Å². The molecule has 0 aromatic heterocycles. The average Bonchev–Trinajstić information content (AvgIpc) is 3.27. The van der Waals surface area contributed by atoms with E-state index in [1.807, 2.05) is 0 Å². The first-order valence-corrected chi connectivity index (χ1v) is 12.8. The molecule has 1 aliphatic heterocycles. The molecule has 3 heteroatoms. The summed E-state index contributed by atoms with van der Waals surface area (Å²) in [7, 11) is -2.29. The smallest absolute Gasteiger partial charge is 0.282 e. The number of unbranched alkanes of at least 4 members (excludes halogenated alkanes) is 5. The Bertz CT molecular complexity index is 447. The lowest BCUT2D eigenvalue weighted by molar-refractivity contribution is 0.229. The van der Waals surface area contributed by atoms with Crippen molar-refractivity contribution in [2.24, 2.45) is 0 Å². The second kappa shape index (κ2) is 10.3.